The van der Waals surface area contributed by atoms with Crippen molar-refractivity contribution in [1.29, 1.82) is 0 Å². The van der Waals surface area contributed by atoms with Gasteiger partial charge in [-0.2, -0.15) is 0 Å². The number of carbonyl (C=O) groups is 4. The Morgan fingerprint density at radius 3 is 2.12 bits per heavy atom. The van der Waals surface area contributed by atoms with Crippen molar-refractivity contribution in [3.63, 3.8) is 0 Å². The highest BCUT2D eigenvalue weighted by Gasteiger charge is 2.42. The lowest BCUT2D eigenvalue weighted by Crippen LogP contribution is -2.55. The predicted molar refractivity (Wildman–Crippen MR) is 263 cm³/mol. The number of nitrogens with one attached hydrogen (secondary N) is 2. The number of nitrogens with two attached hydrogens (primary N) is 1. The lowest BCUT2D eigenvalue weighted by molar-refractivity contribution is -0.146. The Bertz CT molecular complexity index is 1590. The van der Waals surface area contributed by atoms with Gasteiger partial charge in [-0.3, -0.25) is 24.1 Å². The largest absolute Gasteiger partial charge is 0.379 e. The highest BCUT2D eigenvalue weighted by Crippen LogP contribution is 2.30. The molecule has 2 aromatic rings. The van der Waals surface area contributed by atoms with Crippen molar-refractivity contribution in [2.75, 3.05) is 81.0 Å². The Balaban J connectivity index is 0.00000417. The van der Waals surface area contributed by atoms with Crippen LogP contribution in [-0.4, -0.2) is 155 Å². The Hall–Kier alpha value is -3.55. The molecule has 0 spiro atoms. The number of aromatic nitrogens is 1. The number of likely N-dealkylation sites (tertiary alicyclic amines) is 1. The maximum Gasteiger partial charge on any atom is 0.242 e. The lowest BCUT2D eigenvalue weighted by atomic mass is 9.90. The fourth-order valence-electron chi connectivity index (χ4n) is 8.27. The zero-order chi connectivity index (χ0) is 49.6. The van der Waals surface area contributed by atoms with E-state index in [0.29, 0.717) is 59.0 Å². The van der Waals surface area contributed by atoms with Crippen LogP contribution in [0.1, 0.15) is 111 Å². The van der Waals surface area contributed by atoms with Crippen molar-refractivity contribution in [3.05, 3.63) is 52.5 Å². The smallest absolute Gasteiger partial charge is 0.242 e. The highest BCUT2D eigenvalue weighted by atomic mass is 32.1. The quantitative estimate of drug-likeness (QED) is 0.0649. The van der Waals surface area contributed by atoms with Crippen molar-refractivity contribution in [2.45, 2.75) is 137 Å². The van der Waals surface area contributed by atoms with E-state index in [1.165, 1.54) is 17.8 Å². The topological polar surface area (TPSA) is 187 Å². The molecule has 4 N–H and O–H groups in total. The second-order valence-electron chi connectivity index (χ2n) is 17.0. The van der Waals surface area contributed by atoms with Crippen molar-refractivity contribution in [2.24, 2.45) is 23.7 Å². The number of amides is 4. The summed E-state index contributed by atoms with van der Waals surface area (Å²) >= 11 is 1.50. The Labute approximate surface area is 401 Å². The van der Waals surface area contributed by atoms with Crippen LogP contribution in [0.4, 0.5) is 0 Å². The summed E-state index contributed by atoms with van der Waals surface area (Å²) in [7, 11) is 6.71. The van der Waals surface area contributed by atoms with E-state index >= 15 is 0 Å². The number of nitrogens with zero attached hydrogens (tertiary/aromatic N) is 4. The van der Waals surface area contributed by atoms with E-state index in [1.807, 2.05) is 101 Å². The average molecular weight is 950 g/mol. The molecule has 0 aliphatic carbocycles. The van der Waals surface area contributed by atoms with Crippen LogP contribution in [0.2, 0.25) is 0 Å². The van der Waals surface area contributed by atoms with Crippen LogP contribution in [0.15, 0.2) is 41.9 Å². The van der Waals surface area contributed by atoms with E-state index in [4.69, 9.17) is 24.8 Å². The molecule has 2 heterocycles. The summed E-state index contributed by atoms with van der Waals surface area (Å²) in [6.07, 6.45) is 4.62. The molecular formula is C49H87N7O9S. The number of hydrogen-bond acceptors (Lipinski definition) is 13. The number of methoxy groups -OCH3 is 2. The van der Waals surface area contributed by atoms with Crippen molar-refractivity contribution >= 4 is 35.0 Å². The molecule has 1 fully saturated rings. The van der Waals surface area contributed by atoms with E-state index in [9.17, 15) is 19.2 Å². The number of carbonyl (C=O) groups excluding carboxylic acids is 4. The van der Waals surface area contributed by atoms with Crippen molar-refractivity contribution < 1.29 is 43.0 Å². The van der Waals surface area contributed by atoms with Crippen LogP contribution in [0.25, 0.3) is 0 Å². The zero-order valence-electron chi connectivity index (χ0n) is 42.6. The van der Waals surface area contributed by atoms with Crippen LogP contribution in [0, 0.1) is 17.8 Å². The van der Waals surface area contributed by atoms with Crippen LogP contribution in [0.5, 0.6) is 0 Å². The van der Waals surface area contributed by atoms with Crippen LogP contribution >= 0.6 is 11.3 Å². The second-order valence-corrected chi connectivity index (χ2v) is 17.9. The number of thiazole rings is 1. The molecule has 4 amide bonds. The third-order valence-corrected chi connectivity index (χ3v) is 12.6. The molecule has 0 radical (unpaired) electrons. The number of ether oxygens (including phenoxy) is 4. The first-order valence-electron chi connectivity index (χ1n) is 24.0. The minimum atomic E-state index is -0.624. The van der Waals surface area contributed by atoms with Gasteiger partial charge in [-0.15, -0.1) is 11.3 Å². The van der Waals surface area contributed by atoms with Crippen LogP contribution in [0.3, 0.4) is 0 Å². The van der Waals surface area contributed by atoms with Gasteiger partial charge in [0, 0.05) is 45.9 Å². The fraction of sp³-hybridized carbons (Fsp3) is 0.735. The number of hydrogen-bond donors (Lipinski definition) is 3. The van der Waals surface area contributed by atoms with Gasteiger partial charge in [0.2, 0.25) is 23.6 Å². The number of rotatable bonds is 29. The molecule has 8 unspecified atom stereocenters. The Morgan fingerprint density at radius 1 is 0.924 bits per heavy atom. The van der Waals surface area contributed by atoms with E-state index in [-0.39, 0.29) is 60.5 Å². The molecular weight excluding hydrogens is 863 g/mol. The molecule has 0 bridgehead atoms. The summed E-state index contributed by atoms with van der Waals surface area (Å²) in [5.41, 5.74) is 1.09. The standard InChI is InChI=1S/C44H73N7O9S.C3H8.C2H6/c1-10-31(4)40(50(7)38(53)29-47-43(55)39(30(2)3)49(6)20-21-58-22-23-59-24-25-60-45)36(56-8)28-37(52)51-19-14-17-35(51)41(57-9)32(5)42(54)48-34(44-46-18-26-61-44)27-33-15-12-11-13-16-33;1-3-2;1-2/h11-13,15-16,18,26,30-32,34-36,39-41H,10,14,17,19-25,27-29,45H2,1-9H3,(H,47,55)(H,48,54);3H2,1-2H3;1-2H3. The minimum absolute atomic E-state index is 0.0252. The number of likely N-dealkylation sites (N-methyl/N-ethyl adjacent to an activating group) is 2. The molecule has 66 heavy (non-hydrogen) atoms. The highest BCUT2D eigenvalue weighted by molar-refractivity contribution is 7.09. The van der Waals surface area contributed by atoms with Crippen molar-refractivity contribution in [1.82, 2.24) is 30.3 Å². The molecule has 8 atom stereocenters. The van der Waals surface area contributed by atoms with Gasteiger partial charge in [0.15, 0.2) is 0 Å². The maximum atomic E-state index is 14.3. The fourth-order valence-corrected chi connectivity index (χ4v) is 8.96. The van der Waals surface area contributed by atoms with Gasteiger partial charge >= 0.3 is 0 Å². The molecule has 3 rings (SSSR count). The Kier molecular flexibility index (Phi) is 31.8. The van der Waals surface area contributed by atoms with E-state index < -0.39 is 30.2 Å². The molecule has 16 nitrogen and oxygen atoms in total. The maximum absolute atomic E-state index is 14.3. The predicted octanol–water partition coefficient (Wildman–Crippen LogP) is 5.90. The third-order valence-electron chi connectivity index (χ3n) is 11.7. The van der Waals surface area contributed by atoms with Crippen LogP contribution in [-0.2, 0) is 49.4 Å². The van der Waals surface area contributed by atoms with Gasteiger partial charge in [-0.1, -0.05) is 105 Å². The SMILES string of the molecule is CC.CCC.CCC(C)C(C(CC(=O)N1CCCC1C(OC)C(C)C(=O)NC(Cc1ccccc1)c1nccs1)OC)N(C)C(=O)CNC(=O)C(C(C)C)N(C)CCOCCOCCON. The summed E-state index contributed by atoms with van der Waals surface area (Å²) in [6.45, 7) is 20.8. The molecule has 1 aliphatic heterocycles. The minimum Gasteiger partial charge on any atom is -0.379 e. The molecule has 0 saturated carbocycles. The monoisotopic (exact) mass is 950 g/mol. The summed E-state index contributed by atoms with van der Waals surface area (Å²) in [6, 6.07) is 8.41. The van der Waals surface area contributed by atoms with E-state index in [2.05, 4.69) is 34.3 Å². The molecule has 1 saturated heterocycles. The van der Waals surface area contributed by atoms with Crippen LogP contribution < -0.4 is 16.5 Å². The zero-order valence-corrected chi connectivity index (χ0v) is 43.4. The molecule has 1 aliphatic rings. The van der Waals surface area contributed by atoms with Gasteiger partial charge < -0.3 is 44.2 Å². The third kappa shape index (κ3) is 20.4. The molecule has 17 heteroatoms. The average Bonchev–Trinajstić information content (AvgIpc) is 4.04. The lowest BCUT2D eigenvalue weighted by Gasteiger charge is -2.39. The molecule has 1 aromatic carbocycles. The first kappa shape index (κ1) is 60.5. The van der Waals surface area contributed by atoms with Gasteiger partial charge in [0.05, 0.1) is 88.3 Å². The first-order chi connectivity index (χ1) is 31.7. The molecule has 1 aromatic heterocycles. The van der Waals surface area contributed by atoms with Gasteiger partial charge in [0.25, 0.3) is 0 Å². The van der Waals surface area contributed by atoms with E-state index in [0.717, 1.165) is 23.4 Å². The summed E-state index contributed by atoms with van der Waals surface area (Å²) < 4.78 is 23.1. The number of benzene rings is 1. The Morgan fingerprint density at radius 2 is 1.56 bits per heavy atom. The van der Waals surface area contributed by atoms with Gasteiger partial charge in [0.1, 0.15) is 5.01 Å². The first-order valence-corrected chi connectivity index (χ1v) is 24.9. The molecule has 378 valence electrons. The van der Waals surface area contributed by atoms with E-state index in [1.54, 1.807) is 32.4 Å². The van der Waals surface area contributed by atoms with Gasteiger partial charge in [-0.05, 0) is 43.7 Å². The second kappa shape index (κ2) is 34.7. The van der Waals surface area contributed by atoms with Crippen molar-refractivity contribution in [3.8, 4) is 0 Å². The summed E-state index contributed by atoms with van der Waals surface area (Å²) in [5.74, 6) is 3.53. The normalized spacial score (nSPS) is 16.7. The van der Waals surface area contributed by atoms with Gasteiger partial charge in [-0.25, -0.2) is 10.9 Å². The summed E-state index contributed by atoms with van der Waals surface area (Å²) in [4.78, 5) is 69.8. The summed E-state index contributed by atoms with van der Waals surface area (Å²) in [5, 5.41) is 8.81.